The number of pyridine rings is 1. The number of aromatic nitrogens is 1. The summed E-state index contributed by atoms with van der Waals surface area (Å²) in [6, 6.07) is 9.42. The van der Waals surface area contributed by atoms with Crippen molar-refractivity contribution in [2.75, 3.05) is 33.3 Å². The summed E-state index contributed by atoms with van der Waals surface area (Å²) < 4.78 is 5.44. The number of hydrogen-bond donors (Lipinski definition) is 1. The Kier molecular flexibility index (Phi) is 5.19. The SMILES string of the molecule is COc1ccc(C)cc1CN1CCN(C(=O)c2ccc[nH]c2=O)CC1. The van der Waals surface area contributed by atoms with Crippen LogP contribution >= 0.6 is 0 Å². The lowest BCUT2D eigenvalue weighted by molar-refractivity contribution is 0.0625. The van der Waals surface area contributed by atoms with Gasteiger partial charge < -0.3 is 14.6 Å². The highest BCUT2D eigenvalue weighted by Gasteiger charge is 2.24. The molecule has 6 nitrogen and oxygen atoms in total. The average Bonchev–Trinajstić information content (AvgIpc) is 2.62. The second kappa shape index (κ2) is 7.53. The largest absolute Gasteiger partial charge is 0.496 e. The molecule has 6 heteroatoms. The monoisotopic (exact) mass is 341 g/mol. The number of rotatable bonds is 4. The minimum Gasteiger partial charge on any atom is -0.496 e. The third-order valence-corrected chi connectivity index (χ3v) is 4.54. The lowest BCUT2D eigenvalue weighted by atomic mass is 10.1. The predicted octanol–water partition coefficient (Wildman–Crippen LogP) is 1.65. The Bertz CT molecular complexity index is 808. The highest BCUT2D eigenvalue weighted by Crippen LogP contribution is 2.22. The molecule has 2 heterocycles. The van der Waals surface area contributed by atoms with Gasteiger partial charge in [-0.1, -0.05) is 17.7 Å². The Hall–Kier alpha value is -2.60. The van der Waals surface area contributed by atoms with E-state index in [4.69, 9.17) is 4.74 Å². The summed E-state index contributed by atoms with van der Waals surface area (Å²) in [5.74, 6) is 0.689. The molecule has 0 unspecified atom stereocenters. The van der Waals surface area contributed by atoms with Crippen molar-refractivity contribution in [1.29, 1.82) is 0 Å². The molecule has 1 amide bonds. The van der Waals surface area contributed by atoms with E-state index in [1.54, 1.807) is 24.1 Å². The summed E-state index contributed by atoms with van der Waals surface area (Å²) in [6.45, 7) is 5.62. The van der Waals surface area contributed by atoms with E-state index in [0.29, 0.717) is 13.1 Å². The topological polar surface area (TPSA) is 65.6 Å². The molecule has 1 N–H and O–H groups in total. The number of aromatic amines is 1. The highest BCUT2D eigenvalue weighted by atomic mass is 16.5. The number of benzene rings is 1. The van der Waals surface area contributed by atoms with Gasteiger partial charge in [0.05, 0.1) is 7.11 Å². The molecule has 1 saturated heterocycles. The first kappa shape index (κ1) is 17.2. The molecule has 1 fully saturated rings. The van der Waals surface area contributed by atoms with Crippen LogP contribution in [0.25, 0.3) is 0 Å². The van der Waals surface area contributed by atoms with Crippen LogP contribution in [0.4, 0.5) is 0 Å². The minimum absolute atomic E-state index is 0.199. The van der Waals surface area contributed by atoms with Crippen LogP contribution in [0.1, 0.15) is 21.5 Å². The fourth-order valence-electron chi connectivity index (χ4n) is 3.14. The molecule has 0 radical (unpaired) electrons. The van der Waals surface area contributed by atoms with Crippen molar-refractivity contribution >= 4 is 5.91 Å². The lowest BCUT2D eigenvalue weighted by Crippen LogP contribution is -2.49. The number of piperazine rings is 1. The smallest absolute Gasteiger partial charge is 0.260 e. The molecular weight excluding hydrogens is 318 g/mol. The molecule has 0 spiro atoms. The zero-order chi connectivity index (χ0) is 17.8. The molecular formula is C19H23N3O3. The zero-order valence-electron chi connectivity index (χ0n) is 14.6. The molecule has 132 valence electrons. The summed E-state index contributed by atoms with van der Waals surface area (Å²) >= 11 is 0. The Morgan fingerprint density at radius 2 is 1.96 bits per heavy atom. The van der Waals surface area contributed by atoms with Gasteiger partial charge in [0.2, 0.25) is 0 Å². The number of carbonyl (C=O) groups excluding carboxylic acids is 1. The minimum atomic E-state index is -0.334. The van der Waals surface area contributed by atoms with Crippen LogP contribution in [0.15, 0.2) is 41.3 Å². The van der Waals surface area contributed by atoms with Crippen LogP contribution in [-0.4, -0.2) is 54.0 Å². The number of nitrogens with zero attached hydrogens (tertiary/aromatic N) is 2. The zero-order valence-corrected chi connectivity index (χ0v) is 14.6. The van der Waals surface area contributed by atoms with E-state index in [1.165, 1.54) is 11.8 Å². The number of methoxy groups -OCH3 is 1. The first-order valence-electron chi connectivity index (χ1n) is 8.41. The van der Waals surface area contributed by atoms with Gasteiger partial charge in [-0.25, -0.2) is 0 Å². The molecule has 0 saturated carbocycles. The summed E-state index contributed by atoms with van der Waals surface area (Å²) in [4.78, 5) is 30.9. The van der Waals surface area contributed by atoms with Gasteiger partial charge in [-0.05, 0) is 25.1 Å². The molecule has 2 aromatic rings. The maximum atomic E-state index is 12.5. The molecule has 1 aliphatic heterocycles. The van der Waals surface area contributed by atoms with Gasteiger partial charge in [0, 0.05) is 44.5 Å². The standard InChI is InChI=1S/C19H23N3O3/c1-14-5-6-17(25-2)15(12-14)13-21-8-10-22(11-9-21)19(24)16-4-3-7-20-18(16)23/h3-7,12H,8-11,13H2,1-2H3,(H,20,23). The van der Waals surface area contributed by atoms with Crippen LogP contribution in [0.5, 0.6) is 5.75 Å². The summed E-state index contributed by atoms with van der Waals surface area (Å²) in [5.41, 5.74) is 2.23. The summed E-state index contributed by atoms with van der Waals surface area (Å²) in [5, 5.41) is 0. The van der Waals surface area contributed by atoms with Crippen LogP contribution < -0.4 is 10.3 Å². The van der Waals surface area contributed by atoms with Crippen molar-refractivity contribution in [3.8, 4) is 5.75 Å². The van der Waals surface area contributed by atoms with Gasteiger partial charge in [-0.2, -0.15) is 0 Å². The van der Waals surface area contributed by atoms with Gasteiger partial charge in [0.15, 0.2) is 0 Å². The first-order chi connectivity index (χ1) is 12.1. The van der Waals surface area contributed by atoms with Gasteiger partial charge in [0.1, 0.15) is 11.3 Å². The quantitative estimate of drug-likeness (QED) is 0.918. The first-order valence-corrected chi connectivity index (χ1v) is 8.41. The van der Waals surface area contributed by atoms with Gasteiger partial charge in [-0.3, -0.25) is 14.5 Å². The predicted molar refractivity (Wildman–Crippen MR) is 96.0 cm³/mol. The molecule has 1 aromatic carbocycles. The van der Waals surface area contributed by atoms with Gasteiger partial charge in [-0.15, -0.1) is 0 Å². The van der Waals surface area contributed by atoms with Gasteiger partial charge in [0.25, 0.3) is 11.5 Å². The number of ether oxygens (including phenoxy) is 1. The maximum Gasteiger partial charge on any atom is 0.260 e. The molecule has 0 atom stereocenters. The van der Waals surface area contributed by atoms with Gasteiger partial charge >= 0.3 is 0 Å². The number of nitrogens with one attached hydrogen (secondary N) is 1. The Balaban J connectivity index is 1.63. The van der Waals surface area contributed by atoms with E-state index in [-0.39, 0.29) is 17.0 Å². The van der Waals surface area contributed by atoms with Crippen molar-refractivity contribution in [3.63, 3.8) is 0 Å². The molecule has 3 rings (SSSR count). The Labute approximate surface area is 147 Å². The van der Waals surface area contributed by atoms with Crippen molar-refractivity contribution < 1.29 is 9.53 Å². The number of amides is 1. The second-order valence-electron chi connectivity index (χ2n) is 6.30. The molecule has 1 aromatic heterocycles. The van der Waals surface area contributed by atoms with Crippen molar-refractivity contribution in [2.24, 2.45) is 0 Å². The Morgan fingerprint density at radius 1 is 1.20 bits per heavy atom. The fourth-order valence-corrected chi connectivity index (χ4v) is 3.14. The number of aryl methyl sites for hydroxylation is 1. The van der Waals surface area contributed by atoms with E-state index in [2.05, 4.69) is 22.9 Å². The third-order valence-electron chi connectivity index (χ3n) is 4.54. The van der Waals surface area contributed by atoms with Crippen LogP contribution in [0, 0.1) is 6.92 Å². The fraction of sp³-hybridized carbons (Fsp3) is 0.368. The van der Waals surface area contributed by atoms with Crippen LogP contribution in [0.2, 0.25) is 0 Å². The lowest BCUT2D eigenvalue weighted by Gasteiger charge is -2.34. The molecule has 0 aliphatic carbocycles. The third kappa shape index (κ3) is 3.91. The van der Waals surface area contributed by atoms with Crippen molar-refractivity contribution in [2.45, 2.75) is 13.5 Å². The van der Waals surface area contributed by atoms with E-state index in [1.807, 2.05) is 12.1 Å². The highest BCUT2D eigenvalue weighted by molar-refractivity contribution is 5.93. The van der Waals surface area contributed by atoms with Crippen molar-refractivity contribution in [3.05, 3.63) is 63.6 Å². The number of hydrogen-bond acceptors (Lipinski definition) is 4. The van der Waals surface area contributed by atoms with E-state index < -0.39 is 0 Å². The van der Waals surface area contributed by atoms with Crippen LogP contribution in [0.3, 0.4) is 0 Å². The average molecular weight is 341 g/mol. The summed E-state index contributed by atoms with van der Waals surface area (Å²) in [7, 11) is 1.68. The van der Waals surface area contributed by atoms with Crippen molar-refractivity contribution in [1.82, 2.24) is 14.8 Å². The normalized spacial score (nSPS) is 15.2. The summed E-state index contributed by atoms with van der Waals surface area (Å²) in [6.07, 6.45) is 1.53. The second-order valence-corrected chi connectivity index (χ2v) is 6.30. The van der Waals surface area contributed by atoms with E-state index >= 15 is 0 Å². The molecule has 1 aliphatic rings. The number of H-pyrrole nitrogens is 1. The Morgan fingerprint density at radius 3 is 2.64 bits per heavy atom. The maximum absolute atomic E-state index is 12.5. The van der Waals surface area contributed by atoms with E-state index in [9.17, 15) is 9.59 Å². The van der Waals surface area contributed by atoms with Crippen LogP contribution in [-0.2, 0) is 6.54 Å². The molecule has 25 heavy (non-hydrogen) atoms. The number of carbonyl (C=O) groups is 1. The molecule has 0 bridgehead atoms. The van der Waals surface area contributed by atoms with E-state index in [0.717, 1.165) is 30.9 Å².